The third-order valence-corrected chi connectivity index (χ3v) is 6.23. The molecule has 0 saturated heterocycles. The number of thiazole rings is 1. The fourth-order valence-corrected chi connectivity index (χ4v) is 4.70. The molecule has 0 saturated carbocycles. The van der Waals surface area contributed by atoms with E-state index >= 15 is 0 Å². The van der Waals surface area contributed by atoms with E-state index in [2.05, 4.69) is 4.99 Å². The third-order valence-electron chi connectivity index (χ3n) is 5.05. The molecule has 0 aliphatic heterocycles. The second kappa shape index (κ2) is 8.07. The predicted molar refractivity (Wildman–Crippen MR) is 111 cm³/mol. The lowest BCUT2D eigenvalue weighted by molar-refractivity contribution is 0.0961. The van der Waals surface area contributed by atoms with Crippen molar-refractivity contribution < 1.29 is 9.59 Å². The molecule has 28 heavy (non-hydrogen) atoms. The molecule has 0 radical (unpaired) electrons. The van der Waals surface area contributed by atoms with Crippen LogP contribution in [0.15, 0.2) is 59.6 Å². The van der Waals surface area contributed by atoms with Gasteiger partial charge < -0.3 is 4.57 Å². The third kappa shape index (κ3) is 3.90. The fraction of sp³-hybridized carbons (Fsp3) is 0.261. The van der Waals surface area contributed by atoms with E-state index in [0.717, 1.165) is 36.9 Å². The number of hydrogen-bond acceptors (Lipinski definition) is 3. The van der Waals surface area contributed by atoms with E-state index in [4.69, 9.17) is 0 Å². The van der Waals surface area contributed by atoms with Gasteiger partial charge in [0, 0.05) is 21.7 Å². The van der Waals surface area contributed by atoms with Crippen LogP contribution >= 0.6 is 11.3 Å². The highest BCUT2D eigenvalue weighted by atomic mass is 32.1. The van der Waals surface area contributed by atoms with E-state index in [0.29, 0.717) is 15.9 Å². The standard InChI is InChI=1S/C23H22N2O2S/c1-16-11-13-17(14-12-16)20(26)15-25-19-9-5-6-10-21(19)28-23(25)24-22(27)18-7-3-2-4-8-18/h2-4,7-8,11-14H,5-6,9-10,15H2,1H3/b24-23-. The van der Waals surface area contributed by atoms with Gasteiger partial charge in [-0.15, -0.1) is 11.3 Å². The van der Waals surface area contributed by atoms with Crippen LogP contribution in [0.3, 0.4) is 0 Å². The molecule has 1 amide bonds. The maximum atomic E-state index is 12.9. The lowest BCUT2D eigenvalue weighted by Gasteiger charge is -2.14. The number of fused-ring (bicyclic) bond motifs is 1. The molecule has 0 fully saturated rings. The molecule has 0 N–H and O–H groups in total. The summed E-state index contributed by atoms with van der Waals surface area (Å²) in [5, 5.41) is 0. The van der Waals surface area contributed by atoms with E-state index in [1.54, 1.807) is 23.5 Å². The van der Waals surface area contributed by atoms with Crippen molar-refractivity contribution in [1.29, 1.82) is 0 Å². The Labute approximate surface area is 168 Å². The number of aryl methyl sites for hydroxylation is 2. The summed E-state index contributed by atoms with van der Waals surface area (Å²) >= 11 is 1.55. The summed E-state index contributed by atoms with van der Waals surface area (Å²) in [4.78, 5) is 31.8. The maximum Gasteiger partial charge on any atom is 0.279 e. The Kier molecular flexibility index (Phi) is 5.35. The summed E-state index contributed by atoms with van der Waals surface area (Å²) in [6, 6.07) is 16.7. The van der Waals surface area contributed by atoms with Gasteiger partial charge in [-0.05, 0) is 44.7 Å². The van der Waals surface area contributed by atoms with Crippen LogP contribution < -0.4 is 4.80 Å². The molecule has 0 unspecified atom stereocenters. The molecule has 2 aromatic carbocycles. The number of ketones is 1. The van der Waals surface area contributed by atoms with E-state index in [-0.39, 0.29) is 18.2 Å². The molecule has 4 nitrogen and oxygen atoms in total. The van der Waals surface area contributed by atoms with Gasteiger partial charge in [-0.3, -0.25) is 9.59 Å². The van der Waals surface area contributed by atoms with Crippen molar-refractivity contribution in [3.8, 4) is 0 Å². The number of hydrogen-bond donors (Lipinski definition) is 0. The van der Waals surface area contributed by atoms with Crippen LogP contribution in [-0.2, 0) is 19.4 Å². The minimum absolute atomic E-state index is 0.0415. The highest BCUT2D eigenvalue weighted by Gasteiger charge is 2.20. The zero-order valence-electron chi connectivity index (χ0n) is 15.9. The van der Waals surface area contributed by atoms with Gasteiger partial charge in [-0.25, -0.2) is 0 Å². The van der Waals surface area contributed by atoms with Gasteiger partial charge in [0.25, 0.3) is 5.91 Å². The Morgan fingerprint density at radius 3 is 2.43 bits per heavy atom. The number of carbonyl (C=O) groups excluding carboxylic acids is 2. The quantitative estimate of drug-likeness (QED) is 0.622. The van der Waals surface area contributed by atoms with Crippen LogP contribution in [0.4, 0.5) is 0 Å². The van der Waals surface area contributed by atoms with Gasteiger partial charge in [0.2, 0.25) is 0 Å². The Hall–Kier alpha value is -2.79. The van der Waals surface area contributed by atoms with Gasteiger partial charge in [0.05, 0.1) is 6.54 Å². The van der Waals surface area contributed by atoms with Crippen LogP contribution in [-0.4, -0.2) is 16.3 Å². The summed E-state index contributed by atoms with van der Waals surface area (Å²) in [5.74, 6) is -0.226. The van der Waals surface area contributed by atoms with E-state index < -0.39 is 0 Å². The monoisotopic (exact) mass is 390 g/mol. The average molecular weight is 391 g/mol. The molecule has 5 heteroatoms. The predicted octanol–water partition coefficient (Wildman–Crippen LogP) is 4.36. The van der Waals surface area contributed by atoms with Gasteiger partial charge in [0.1, 0.15) is 0 Å². The first-order valence-corrected chi connectivity index (χ1v) is 10.4. The second-order valence-corrected chi connectivity index (χ2v) is 8.18. The Morgan fingerprint density at radius 1 is 0.964 bits per heavy atom. The fourth-order valence-electron chi connectivity index (χ4n) is 3.49. The molecule has 1 aromatic heterocycles. The molecule has 0 spiro atoms. The summed E-state index contributed by atoms with van der Waals surface area (Å²) < 4.78 is 1.96. The van der Waals surface area contributed by atoms with Crippen LogP contribution in [0.5, 0.6) is 0 Å². The number of aromatic nitrogens is 1. The van der Waals surface area contributed by atoms with Crippen LogP contribution in [0, 0.1) is 6.92 Å². The molecular formula is C23H22N2O2S. The Balaban J connectivity index is 1.72. The summed E-state index contributed by atoms with van der Waals surface area (Å²) in [6.07, 6.45) is 4.18. The molecule has 3 aromatic rings. The minimum atomic E-state index is -0.268. The molecule has 1 heterocycles. The van der Waals surface area contributed by atoms with E-state index in [1.807, 2.05) is 54.0 Å². The normalized spacial score (nSPS) is 14.0. The second-order valence-electron chi connectivity index (χ2n) is 7.12. The van der Waals surface area contributed by atoms with E-state index in [9.17, 15) is 9.59 Å². The Morgan fingerprint density at radius 2 is 1.68 bits per heavy atom. The molecule has 0 bridgehead atoms. The molecule has 142 valence electrons. The zero-order chi connectivity index (χ0) is 19.5. The Bertz CT molecular complexity index is 1080. The van der Waals surface area contributed by atoms with Crippen LogP contribution in [0.25, 0.3) is 0 Å². The first kappa shape index (κ1) is 18.6. The number of Topliss-reactive ketones (excluding diaryl/α,β-unsaturated/α-hetero) is 1. The zero-order valence-corrected chi connectivity index (χ0v) is 16.7. The number of rotatable bonds is 4. The van der Waals surface area contributed by atoms with Crippen LogP contribution in [0.2, 0.25) is 0 Å². The minimum Gasteiger partial charge on any atom is -0.313 e. The first-order chi connectivity index (χ1) is 13.6. The molecule has 4 rings (SSSR count). The molecule has 1 aliphatic rings. The van der Waals surface area contributed by atoms with E-state index in [1.165, 1.54) is 4.88 Å². The SMILES string of the molecule is Cc1ccc(C(=O)Cn2c3c(s/c2=N\C(=O)c2ccccc2)CCCC3)cc1. The summed E-state index contributed by atoms with van der Waals surface area (Å²) in [5.41, 5.74) is 3.54. The smallest absolute Gasteiger partial charge is 0.279 e. The maximum absolute atomic E-state index is 12.9. The highest BCUT2D eigenvalue weighted by molar-refractivity contribution is 7.09. The van der Waals surface area contributed by atoms with Crippen molar-refractivity contribution in [2.45, 2.75) is 39.2 Å². The van der Waals surface area contributed by atoms with Gasteiger partial charge in [-0.1, -0.05) is 48.0 Å². The number of amides is 1. The van der Waals surface area contributed by atoms with Crippen molar-refractivity contribution in [3.05, 3.63) is 86.7 Å². The largest absolute Gasteiger partial charge is 0.313 e. The van der Waals surface area contributed by atoms with Crippen molar-refractivity contribution in [2.24, 2.45) is 4.99 Å². The van der Waals surface area contributed by atoms with Gasteiger partial charge in [0.15, 0.2) is 10.6 Å². The summed E-state index contributed by atoms with van der Waals surface area (Å²) in [7, 11) is 0. The number of carbonyl (C=O) groups is 2. The molecular weight excluding hydrogens is 368 g/mol. The molecule has 0 atom stereocenters. The van der Waals surface area contributed by atoms with Crippen molar-refractivity contribution in [3.63, 3.8) is 0 Å². The van der Waals surface area contributed by atoms with Crippen molar-refractivity contribution >= 4 is 23.0 Å². The van der Waals surface area contributed by atoms with Crippen molar-refractivity contribution in [1.82, 2.24) is 4.57 Å². The number of benzene rings is 2. The molecule has 1 aliphatic carbocycles. The van der Waals surface area contributed by atoms with Crippen LogP contribution in [0.1, 0.15) is 49.7 Å². The van der Waals surface area contributed by atoms with Gasteiger partial charge >= 0.3 is 0 Å². The lowest BCUT2D eigenvalue weighted by Crippen LogP contribution is -2.24. The first-order valence-electron chi connectivity index (χ1n) is 9.57. The average Bonchev–Trinajstić information content (AvgIpc) is 3.06. The topological polar surface area (TPSA) is 51.4 Å². The van der Waals surface area contributed by atoms with Gasteiger partial charge in [-0.2, -0.15) is 4.99 Å². The number of nitrogens with zero attached hydrogens (tertiary/aromatic N) is 2. The lowest BCUT2D eigenvalue weighted by atomic mass is 10.0. The summed E-state index contributed by atoms with van der Waals surface area (Å²) in [6.45, 7) is 2.22. The highest BCUT2D eigenvalue weighted by Crippen LogP contribution is 2.24. The van der Waals surface area contributed by atoms with Crippen molar-refractivity contribution in [2.75, 3.05) is 0 Å².